The van der Waals surface area contributed by atoms with Crippen LogP contribution in [-0.2, 0) is 4.79 Å². The minimum absolute atomic E-state index is 0.0949. The van der Waals surface area contributed by atoms with Crippen LogP contribution in [-0.4, -0.2) is 35.1 Å². The fraction of sp³-hybridized carbons (Fsp3) is 0.222. The van der Waals surface area contributed by atoms with Crippen LogP contribution in [0, 0.1) is 17.2 Å². The molecule has 2 aliphatic rings. The third-order valence-electron chi connectivity index (χ3n) is 6.83. The summed E-state index contributed by atoms with van der Waals surface area (Å²) in [5.74, 6) is -1.36. The largest absolute Gasteiger partial charge is 0.506 e. The Morgan fingerprint density at radius 3 is 2.80 bits per heavy atom. The fourth-order valence-corrected chi connectivity index (χ4v) is 4.94. The van der Waals surface area contributed by atoms with Crippen LogP contribution < -0.4 is 16.4 Å². The minimum Gasteiger partial charge on any atom is -0.506 e. The van der Waals surface area contributed by atoms with E-state index in [-0.39, 0.29) is 23.2 Å². The van der Waals surface area contributed by atoms with Gasteiger partial charge in [-0.2, -0.15) is 5.26 Å². The van der Waals surface area contributed by atoms with Gasteiger partial charge in [-0.05, 0) is 54.3 Å². The number of piperidine rings is 1. The van der Waals surface area contributed by atoms with Crippen LogP contribution in [0.25, 0.3) is 27.6 Å². The van der Waals surface area contributed by atoms with Crippen molar-refractivity contribution in [2.75, 3.05) is 18.0 Å². The Morgan fingerprint density at radius 2 is 2.09 bits per heavy atom. The number of phenolic OH excluding ortho intramolecular Hbond substituents is 1. The molecule has 0 bridgehead atoms. The van der Waals surface area contributed by atoms with E-state index in [0.717, 1.165) is 22.2 Å². The van der Waals surface area contributed by atoms with E-state index in [1.54, 1.807) is 24.4 Å². The van der Waals surface area contributed by atoms with Crippen LogP contribution in [0.5, 0.6) is 5.75 Å². The lowest BCUT2D eigenvalue weighted by Gasteiger charge is -2.38. The van der Waals surface area contributed by atoms with Crippen molar-refractivity contribution in [3.05, 3.63) is 71.7 Å². The molecule has 7 nitrogen and oxygen atoms in total. The molecule has 0 saturated carbocycles. The predicted molar refractivity (Wildman–Crippen MR) is 133 cm³/mol. The Labute approximate surface area is 201 Å². The molecule has 2 heterocycles. The van der Waals surface area contributed by atoms with Crippen LogP contribution in [0.15, 0.2) is 60.6 Å². The lowest BCUT2D eigenvalue weighted by atomic mass is 9.90. The zero-order valence-electron chi connectivity index (χ0n) is 18.9. The number of anilines is 1. The first-order chi connectivity index (χ1) is 16.9. The number of allylic oxidation sites excluding steroid dienone is 4. The Morgan fingerprint density at radius 1 is 1.26 bits per heavy atom. The SMILES string of the molecule is N#Cc1cccc(-c2ccc3ncc(C4=CC(F)=CC4)c(N4CC[C@@H](N)[C@H](C(N)=O)C4)c3c2)c1O. The van der Waals surface area contributed by atoms with E-state index in [2.05, 4.69) is 9.88 Å². The van der Waals surface area contributed by atoms with Crippen LogP contribution in [0.3, 0.4) is 0 Å². The third-order valence-corrected chi connectivity index (χ3v) is 6.83. The highest BCUT2D eigenvalue weighted by atomic mass is 19.1. The van der Waals surface area contributed by atoms with Crippen molar-refractivity contribution < 1.29 is 14.3 Å². The average molecular weight is 470 g/mol. The number of aromatic nitrogens is 1. The van der Waals surface area contributed by atoms with Crippen LogP contribution in [0.1, 0.15) is 24.0 Å². The first kappa shape index (κ1) is 22.6. The zero-order valence-corrected chi connectivity index (χ0v) is 18.9. The summed E-state index contributed by atoms with van der Waals surface area (Å²) >= 11 is 0. The molecule has 176 valence electrons. The lowest BCUT2D eigenvalue weighted by molar-refractivity contribution is -0.122. The monoisotopic (exact) mass is 469 g/mol. The van der Waals surface area contributed by atoms with Gasteiger partial charge in [0, 0.05) is 41.8 Å². The number of hydrogen-bond donors (Lipinski definition) is 3. The number of halogens is 1. The first-order valence-corrected chi connectivity index (χ1v) is 11.4. The molecule has 1 fully saturated rings. The molecular formula is C27H24FN5O2. The van der Waals surface area contributed by atoms with Crippen molar-refractivity contribution in [1.29, 1.82) is 5.26 Å². The van der Waals surface area contributed by atoms with Gasteiger partial charge < -0.3 is 21.5 Å². The number of nitriles is 1. The number of rotatable bonds is 4. The number of hydrogen-bond acceptors (Lipinski definition) is 6. The molecule has 1 aliphatic heterocycles. The Bertz CT molecular complexity index is 1460. The maximum Gasteiger partial charge on any atom is 0.223 e. The summed E-state index contributed by atoms with van der Waals surface area (Å²) in [6.07, 6.45) is 5.76. The summed E-state index contributed by atoms with van der Waals surface area (Å²) in [6, 6.07) is 12.3. The summed E-state index contributed by atoms with van der Waals surface area (Å²) < 4.78 is 14.0. The maximum absolute atomic E-state index is 14.0. The number of fused-ring (bicyclic) bond motifs is 1. The summed E-state index contributed by atoms with van der Waals surface area (Å²) in [5.41, 5.74) is 16.3. The minimum atomic E-state index is -0.522. The van der Waals surface area contributed by atoms with E-state index < -0.39 is 11.8 Å². The van der Waals surface area contributed by atoms with E-state index >= 15 is 0 Å². The fourth-order valence-electron chi connectivity index (χ4n) is 4.94. The van der Waals surface area contributed by atoms with Crippen LogP contribution in [0.4, 0.5) is 10.1 Å². The van der Waals surface area contributed by atoms with Crippen LogP contribution in [0.2, 0.25) is 0 Å². The Kier molecular flexibility index (Phi) is 5.71. The molecule has 0 radical (unpaired) electrons. The summed E-state index contributed by atoms with van der Waals surface area (Å²) in [7, 11) is 0. The molecule has 3 aromatic rings. The van der Waals surface area contributed by atoms with Gasteiger partial charge in [-0.3, -0.25) is 9.78 Å². The number of nitrogens with two attached hydrogens (primary N) is 2. The van der Waals surface area contributed by atoms with Gasteiger partial charge in [0.25, 0.3) is 0 Å². The number of carbonyl (C=O) groups is 1. The molecule has 1 saturated heterocycles. The second kappa shape index (κ2) is 8.85. The number of aromatic hydroxyl groups is 1. The smallest absolute Gasteiger partial charge is 0.223 e. The number of phenols is 1. The van der Waals surface area contributed by atoms with Gasteiger partial charge in [0.15, 0.2) is 0 Å². The number of para-hydroxylation sites is 1. The van der Waals surface area contributed by atoms with Gasteiger partial charge in [0.2, 0.25) is 5.91 Å². The zero-order chi connectivity index (χ0) is 24.7. The van der Waals surface area contributed by atoms with E-state index in [9.17, 15) is 19.6 Å². The molecule has 5 rings (SSSR count). The third kappa shape index (κ3) is 4.00. The standard InChI is InChI=1S/C27H24FN5O2/c28-18-6-4-15(10-18)21-13-32-24-7-5-16(19-3-1-2-17(12-29)26(19)34)11-20(24)25(21)33-9-8-23(30)22(14-33)27(31)35/h1-3,5-7,10-11,13,22-23,34H,4,8-9,14,30H2,(H2,31,35)/t22-,23-/m1/s1. The van der Waals surface area contributed by atoms with E-state index in [4.69, 9.17) is 11.5 Å². The first-order valence-electron chi connectivity index (χ1n) is 11.4. The molecule has 1 amide bonds. The van der Waals surface area contributed by atoms with Gasteiger partial charge in [0.1, 0.15) is 17.6 Å². The number of carbonyl (C=O) groups excluding carboxylic acids is 1. The van der Waals surface area contributed by atoms with Crippen molar-refractivity contribution in [2.24, 2.45) is 17.4 Å². The van der Waals surface area contributed by atoms with E-state index in [1.807, 2.05) is 24.3 Å². The molecule has 1 aliphatic carbocycles. The molecule has 8 heteroatoms. The second-order valence-corrected chi connectivity index (χ2v) is 8.94. The molecule has 0 unspecified atom stereocenters. The number of pyridine rings is 1. The predicted octanol–water partition coefficient (Wildman–Crippen LogP) is 3.76. The quantitative estimate of drug-likeness (QED) is 0.534. The van der Waals surface area contributed by atoms with E-state index in [0.29, 0.717) is 42.6 Å². The molecule has 35 heavy (non-hydrogen) atoms. The van der Waals surface area contributed by atoms with Gasteiger partial charge in [-0.15, -0.1) is 0 Å². The molecule has 2 aromatic carbocycles. The number of amides is 1. The lowest BCUT2D eigenvalue weighted by Crippen LogP contribution is -2.52. The molecular weight excluding hydrogens is 445 g/mol. The second-order valence-electron chi connectivity index (χ2n) is 8.94. The Hall–Kier alpha value is -4.22. The average Bonchev–Trinajstić information content (AvgIpc) is 3.29. The number of primary amides is 1. The highest BCUT2D eigenvalue weighted by Crippen LogP contribution is 2.41. The summed E-state index contributed by atoms with van der Waals surface area (Å²) in [4.78, 5) is 18.8. The summed E-state index contributed by atoms with van der Waals surface area (Å²) in [6.45, 7) is 0.935. The van der Waals surface area contributed by atoms with Crippen molar-refractivity contribution in [3.63, 3.8) is 0 Å². The topological polar surface area (TPSA) is 129 Å². The van der Waals surface area contributed by atoms with Gasteiger partial charge in [-0.1, -0.05) is 18.2 Å². The van der Waals surface area contributed by atoms with Crippen molar-refractivity contribution >= 4 is 28.1 Å². The highest BCUT2D eigenvalue weighted by Gasteiger charge is 2.33. The van der Waals surface area contributed by atoms with Crippen molar-refractivity contribution in [2.45, 2.75) is 18.9 Å². The van der Waals surface area contributed by atoms with Gasteiger partial charge in [-0.25, -0.2) is 4.39 Å². The molecule has 0 spiro atoms. The molecule has 2 atom stereocenters. The Balaban J connectivity index is 1.72. The van der Waals surface area contributed by atoms with Crippen LogP contribution >= 0.6 is 0 Å². The normalized spacial score (nSPS) is 19.9. The van der Waals surface area contributed by atoms with Crippen molar-refractivity contribution in [3.8, 4) is 22.9 Å². The molecule has 1 aromatic heterocycles. The van der Waals surface area contributed by atoms with Crippen molar-refractivity contribution in [1.82, 2.24) is 4.98 Å². The maximum atomic E-state index is 14.0. The number of nitrogens with zero attached hydrogens (tertiary/aromatic N) is 3. The van der Waals surface area contributed by atoms with Gasteiger partial charge >= 0.3 is 0 Å². The molecule has 5 N–H and O–H groups in total. The van der Waals surface area contributed by atoms with E-state index in [1.165, 1.54) is 12.2 Å². The van der Waals surface area contributed by atoms with Gasteiger partial charge in [0.05, 0.1) is 22.7 Å². The highest BCUT2D eigenvalue weighted by molar-refractivity contribution is 6.01. The summed E-state index contributed by atoms with van der Waals surface area (Å²) in [5, 5.41) is 20.8. The number of benzene rings is 2.